The molecule has 5 heteroatoms. The summed E-state index contributed by atoms with van der Waals surface area (Å²) < 4.78 is 1.90. The maximum atomic E-state index is 6.21. The van der Waals surface area contributed by atoms with Crippen LogP contribution in [0.4, 0.5) is 5.69 Å². The van der Waals surface area contributed by atoms with E-state index in [0.29, 0.717) is 10.7 Å². The molecule has 0 aliphatic rings. The van der Waals surface area contributed by atoms with Gasteiger partial charge in [0.1, 0.15) is 11.3 Å². The summed E-state index contributed by atoms with van der Waals surface area (Å²) in [5.74, 6) is 0.729. The van der Waals surface area contributed by atoms with Crippen LogP contribution < -0.4 is 5.73 Å². The second-order valence-electron chi connectivity index (χ2n) is 4.04. The normalized spacial score (nSPS) is 11.0. The summed E-state index contributed by atoms with van der Waals surface area (Å²) in [6, 6.07) is 9.21. The molecule has 0 aliphatic carbocycles. The molecule has 0 saturated heterocycles. The Morgan fingerprint density at radius 1 is 1.22 bits per heavy atom. The molecule has 18 heavy (non-hydrogen) atoms. The lowest BCUT2D eigenvalue weighted by Crippen LogP contribution is -1.98. The molecule has 0 spiro atoms. The van der Waals surface area contributed by atoms with Crippen molar-refractivity contribution in [3.8, 4) is 11.4 Å². The zero-order chi connectivity index (χ0) is 12.7. The van der Waals surface area contributed by atoms with Crippen LogP contribution in [-0.2, 0) is 7.05 Å². The zero-order valence-corrected chi connectivity index (χ0v) is 10.5. The first-order valence-corrected chi connectivity index (χ1v) is 5.88. The van der Waals surface area contributed by atoms with Gasteiger partial charge >= 0.3 is 0 Å². The number of pyridine rings is 1. The van der Waals surface area contributed by atoms with Crippen molar-refractivity contribution >= 4 is 28.5 Å². The van der Waals surface area contributed by atoms with Gasteiger partial charge in [0.25, 0.3) is 0 Å². The minimum Gasteiger partial charge on any atom is -0.398 e. The number of nitrogens with zero attached hydrogens (tertiary/aromatic N) is 3. The molecule has 0 amide bonds. The smallest absolute Gasteiger partial charge is 0.160 e. The van der Waals surface area contributed by atoms with Gasteiger partial charge in [0, 0.05) is 18.9 Å². The van der Waals surface area contributed by atoms with Gasteiger partial charge in [-0.3, -0.25) is 0 Å². The van der Waals surface area contributed by atoms with Crippen molar-refractivity contribution < 1.29 is 0 Å². The summed E-state index contributed by atoms with van der Waals surface area (Å²) in [4.78, 5) is 8.84. The van der Waals surface area contributed by atoms with Crippen LogP contribution in [0.5, 0.6) is 0 Å². The summed E-state index contributed by atoms with van der Waals surface area (Å²) in [6.07, 6.45) is 1.74. The second-order valence-corrected chi connectivity index (χ2v) is 4.45. The molecule has 0 unspecified atom stereocenters. The molecule has 2 heterocycles. The van der Waals surface area contributed by atoms with E-state index in [4.69, 9.17) is 17.3 Å². The molecule has 0 atom stereocenters. The lowest BCUT2D eigenvalue weighted by atomic mass is 10.1. The van der Waals surface area contributed by atoms with Gasteiger partial charge in [-0.05, 0) is 24.3 Å². The van der Waals surface area contributed by atoms with E-state index in [1.165, 1.54) is 0 Å². The molecule has 0 saturated carbocycles. The number of benzene rings is 1. The van der Waals surface area contributed by atoms with Crippen LogP contribution in [0.1, 0.15) is 0 Å². The Bertz CT molecular complexity index is 713. The molecule has 3 aromatic rings. The van der Waals surface area contributed by atoms with Crippen molar-refractivity contribution in [3.63, 3.8) is 0 Å². The maximum absolute atomic E-state index is 6.21. The summed E-state index contributed by atoms with van der Waals surface area (Å²) in [5, 5.41) is 0.591. The van der Waals surface area contributed by atoms with Crippen LogP contribution in [0.25, 0.3) is 22.6 Å². The van der Waals surface area contributed by atoms with Gasteiger partial charge in [-0.15, -0.1) is 0 Å². The first-order valence-electron chi connectivity index (χ1n) is 5.50. The average Bonchev–Trinajstić information content (AvgIpc) is 2.68. The first-order chi connectivity index (χ1) is 8.68. The standard InChI is InChI=1S/C13H11ClN4/c1-18-12-10(6-3-7-16-12)17-13(18)11-8(14)4-2-5-9(11)15/h2-7H,15H2,1H3. The van der Waals surface area contributed by atoms with E-state index in [2.05, 4.69) is 9.97 Å². The van der Waals surface area contributed by atoms with Crippen molar-refractivity contribution in [1.82, 2.24) is 14.5 Å². The Hall–Kier alpha value is -2.07. The maximum Gasteiger partial charge on any atom is 0.160 e. The molecule has 0 fully saturated rings. The molecule has 3 rings (SSSR count). The molecule has 1 aromatic carbocycles. The van der Waals surface area contributed by atoms with Gasteiger partial charge in [0.2, 0.25) is 0 Å². The van der Waals surface area contributed by atoms with Crippen LogP contribution in [-0.4, -0.2) is 14.5 Å². The Kier molecular flexibility index (Phi) is 2.45. The van der Waals surface area contributed by atoms with Gasteiger partial charge in [-0.2, -0.15) is 0 Å². The number of imidazole rings is 1. The molecular formula is C13H11ClN4. The third-order valence-corrected chi connectivity index (χ3v) is 3.21. The molecule has 4 nitrogen and oxygen atoms in total. The average molecular weight is 259 g/mol. The van der Waals surface area contributed by atoms with Crippen molar-refractivity contribution in [2.24, 2.45) is 7.05 Å². The van der Waals surface area contributed by atoms with Crippen LogP contribution in [0, 0.1) is 0 Å². The zero-order valence-electron chi connectivity index (χ0n) is 9.76. The van der Waals surface area contributed by atoms with E-state index >= 15 is 0 Å². The van der Waals surface area contributed by atoms with E-state index < -0.39 is 0 Å². The number of fused-ring (bicyclic) bond motifs is 1. The fourth-order valence-corrected chi connectivity index (χ4v) is 2.29. The van der Waals surface area contributed by atoms with Crippen molar-refractivity contribution in [1.29, 1.82) is 0 Å². The van der Waals surface area contributed by atoms with Gasteiger partial charge in [0.15, 0.2) is 5.65 Å². The third-order valence-electron chi connectivity index (χ3n) is 2.90. The summed E-state index contributed by atoms with van der Waals surface area (Å²) in [6.45, 7) is 0. The minimum atomic E-state index is 0.591. The minimum absolute atomic E-state index is 0.591. The predicted octanol–water partition coefficient (Wildman–Crippen LogP) is 2.87. The van der Waals surface area contributed by atoms with Crippen molar-refractivity contribution in [2.75, 3.05) is 5.73 Å². The van der Waals surface area contributed by atoms with Gasteiger partial charge in [0.05, 0.1) is 10.6 Å². The predicted molar refractivity (Wildman–Crippen MR) is 73.4 cm³/mol. The molecular weight excluding hydrogens is 248 g/mol. The number of nitrogen functional groups attached to an aromatic ring is 1. The fraction of sp³-hybridized carbons (Fsp3) is 0.0769. The van der Waals surface area contributed by atoms with Gasteiger partial charge in [-0.25, -0.2) is 9.97 Å². The number of halogens is 1. The number of anilines is 1. The number of hydrogen-bond acceptors (Lipinski definition) is 3. The molecule has 0 bridgehead atoms. The number of nitrogens with two attached hydrogens (primary N) is 1. The lowest BCUT2D eigenvalue weighted by Gasteiger charge is -2.07. The van der Waals surface area contributed by atoms with Gasteiger partial charge < -0.3 is 10.3 Å². The quantitative estimate of drug-likeness (QED) is 0.683. The van der Waals surface area contributed by atoms with Crippen molar-refractivity contribution in [3.05, 3.63) is 41.6 Å². The molecule has 2 aromatic heterocycles. The Labute approximate surface area is 109 Å². The highest BCUT2D eigenvalue weighted by atomic mass is 35.5. The Morgan fingerprint density at radius 3 is 2.78 bits per heavy atom. The summed E-state index contributed by atoms with van der Waals surface area (Å²) in [5.41, 5.74) is 8.99. The second kappa shape index (κ2) is 3.99. The van der Waals surface area contributed by atoms with Crippen LogP contribution in [0.15, 0.2) is 36.5 Å². The molecule has 0 aliphatic heterocycles. The van der Waals surface area contributed by atoms with E-state index in [9.17, 15) is 0 Å². The Morgan fingerprint density at radius 2 is 2.06 bits per heavy atom. The van der Waals surface area contributed by atoms with Crippen LogP contribution in [0.2, 0.25) is 5.02 Å². The summed E-state index contributed by atoms with van der Waals surface area (Å²) >= 11 is 6.21. The van der Waals surface area contributed by atoms with E-state index in [-0.39, 0.29) is 0 Å². The highest BCUT2D eigenvalue weighted by Gasteiger charge is 2.15. The lowest BCUT2D eigenvalue weighted by molar-refractivity contribution is 0.942. The molecule has 2 N–H and O–H groups in total. The number of aromatic nitrogens is 3. The SMILES string of the molecule is Cn1c(-c2c(N)cccc2Cl)nc2cccnc21. The topological polar surface area (TPSA) is 56.7 Å². The summed E-state index contributed by atoms with van der Waals surface area (Å²) in [7, 11) is 1.90. The molecule has 0 radical (unpaired) electrons. The highest BCUT2D eigenvalue weighted by Crippen LogP contribution is 2.33. The van der Waals surface area contributed by atoms with Crippen LogP contribution in [0.3, 0.4) is 0 Å². The van der Waals surface area contributed by atoms with E-state index in [1.54, 1.807) is 12.3 Å². The molecule has 90 valence electrons. The van der Waals surface area contributed by atoms with Crippen molar-refractivity contribution in [2.45, 2.75) is 0 Å². The number of aryl methyl sites for hydroxylation is 1. The van der Waals surface area contributed by atoms with E-state index in [1.807, 2.05) is 35.9 Å². The fourth-order valence-electron chi connectivity index (χ4n) is 2.02. The monoisotopic (exact) mass is 258 g/mol. The largest absolute Gasteiger partial charge is 0.398 e. The Balaban J connectivity index is 2.36. The third kappa shape index (κ3) is 1.54. The first kappa shape index (κ1) is 11.0. The van der Waals surface area contributed by atoms with Crippen LogP contribution >= 0.6 is 11.6 Å². The highest BCUT2D eigenvalue weighted by molar-refractivity contribution is 6.33. The van der Waals surface area contributed by atoms with Gasteiger partial charge in [-0.1, -0.05) is 17.7 Å². The van der Waals surface area contributed by atoms with E-state index in [0.717, 1.165) is 22.6 Å². The number of hydrogen-bond donors (Lipinski definition) is 1. The number of rotatable bonds is 1.